The molecule has 0 bridgehead atoms. The summed E-state index contributed by atoms with van der Waals surface area (Å²) in [6.07, 6.45) is 0.908. The average molecular weight is 264 g/mol. The van der Waals surface area contributed by atoms with Crippen molar-refractivity contribution in [1.82, 2.24) is 4.90 Å². The Labute approximate surface area is 113 Å². The topological polar surface area (TPSA) is 57.0 Å². The number of nitrogens with zero attached hydrogens (tertiary/aromatic N) is 1. The summed E-state index contributed by atoms with van der Waals surface area (Å²) in [4.78, 5) is 2.35. The molecule has 0 unspecified atom stereocenters. The van der Waals surface area contributed by atoms with Crippen LogP contribution in [0.15, 0.2) is 12.1 Å². The molecule has 0 atom stereocenters. The molecule has 5 nitrogen and oxygen atoms in total. The van der Waals surface area contributed by atoms with Gasteiger partial charge in [0.2, 0.25) is 0 Å². The highest BCUT2D eigenvalue weighted by Crippen LogP contribution is 2.36. The number of nitrogen functional groups attached to an aromatic ring is 1. The van der Waals surface area contributed by atoms with Gasteiger partial charge in [0.25, 0.3) is 0 Å². The molecule has 0 aliphatic carbocycles. The number of benzene rings is 1. The highest BCUT2D eigenvalue weighted by molar-refractivity contribution is 5.57. The van der Waals surface area contributed by atoms with E-state index in [4.69, 9.17) is 19.9 Å². The minimum absolute atomic E-state index is 0.688. The Bertz CT molecular complexity index is 445. The summed E-state index contributed by atoms with van der Waals surface area (Å²) in [6, 6.07) is 3.84. The molecule has 1 aromatic carbocycles. The monoisotopic (exact) mass is 264 g/mol. The van der Waals surface area contributed by atoms with Crippen LogP contribution >= 0.6 is 0 Å². The second-order valence-corrected chi connectivity index (χ2v) is 4.95. The van der Waals surface area contributed by atoms with Gasteiger partial charge >= 0.3 is 0 Å². The third kappa shape index (κ3) is 2.93. The van der Waals surface area contributed by atoms with E-state index in [1.165, 1.54) is 0 Å². The lowest BCUT2D eigenvalue weighted by Gasteiger charge is -2.27. The van der Waals surface area contributed by atoms with E-state index in [1.54, 1.807) is 0 Å². The zero-order valence-electron chi connectivity index (χ0n) is 11.1. The van der Waals surface area contributed by atoms with E-state index in [9.17, 15) is 0 Å². The van der Waals surface area contributed by atoms with Crippen LogP contribution in [-0.4, -0.2) is 44.4 Å². The maximum atomic E-state index is 5.96. The molecule has 5 heteroatoms. The molecule has 2 heterocycles. The molecule has 1 saturated heterocycles. The fourth-order valence-electron chi connectivity index (χ4n) is 2.49. The molecule has 0 saturated carbocycles. The molecule has 1 aromatic rings. The molecule has 0 radical (unpaired) electrons. The van der Waals surface area contributed by atoms with E-state index in [0.717, 1.165) is 62.0 Å². The van der Waals surface area contributed by atoms with Crippen molar-refractivity contribution >= 4 is 5.69 Å². The van der Waals surface area contributed by atoms with Crippen molar-refractivity contribution < 1.29 is 14.2 Å². The van der Waals surface area contributed by atoms with Crippen LogP contribution in [-0.2, 0) is 11.3 Å². The molecule has 1 fully saturated rings. The molecule has 0 spiro atoms. The summed E-state index contributed by atoms with van der Waals surface area (Å²) in [7, 11) is 0. The Morgan fingerprint density at radius 2 is 1.84 bits per heavy atom. The molecule has 2 aliphatic heterocycles. The van der Waals surface area contributed by atoms with Crippen molar-refractivity contribution in [3.8, 4) is 11.5 Å². The van der Waals surface area contributed by atoms with Crippen LogP contribution in [0.3, 0.4) is 0 Å². The van der Waals surface area contributed by atoms with Crippen LogP contribution in [0.2, 0.25) is 0 Å². The maximum Gasteiger partial charge on any atom is 0.165 e. The molecule has 3 rings (SSSR count). The summed E-state index contributed by atoms with van der Waals surface area (Å²) >= 11 is 0. The van der Waals surface area contributed by atoms with Crippen molar-refractivity contribution in [2.24, 2.45) is 0 Å². The van der Waals surface area contributed by atoms with Gasteiger partial charge in [0.1, 0.15) is 0 Å². The van der Waals surface area contributed by atoms with Crippen molar-refractivity contribution in [2.45, 2.75) is 13.0 Å². The number of nitrogens with two attached hydrogens (primary N) is 1. The second kappa shape index (κ2) is 5.67. The molecule has 2 N–H and O–H groups in total. The van der Waals surface area contributed by atoms with E-state index in [0.29, 0.717) is 13.2 Å². The van der Waals surface area contributed by atoms with Crippen LogP contribution in [0.25, 0.3) is 0 Å². The fraction of sp³-hybridized carbons (Fsp3) is 0.571. The molecule has 2 aliphatic rings. The third-order valence-corrected chi connectivity index (χ3v) is 3.44. The molecular formula is C14H20N2O3. The first-order chi connectivity index (χ1) is 9.33. The summed E-state index contributed by atoms with van der Waals surface area (Å²) in [5.41, 5.74) is 7.80. The van der Waals surface area contributed by atoms with Gasteiger partial charge in [-0.25, -0.2) is 0 Å². The average Bonchev–Trinajstić information content (AvgIpc) is 2.65. The largest absolute Gasteiger partial charge is 0.489 e. The van der Waals surface area contributed by atoms with Gasteiger partial charge in [0.05, 0.1) is 26.4 Å². The van der Waals surface area contributed by atoms with Crippen molar-refractivity contribution in [1.29, 1.82) is 0 Å². The third-order valence-electron chi connectivity index (χ3n) is 3.44. The first kappa shape index (κ1) is 12.6. The Morgan fingerprint density at radius 3 is 2.68 bits per heavy atom. The summed E-state index contributed by atoms with van der Waals surface area (Å²) in [5, 5.41) is 0. The Balaban J connectivity index is 1.84. The quantitative estimate of drug-likeness (QED) is 0.815. The van der Waals surface area contributed by atoms with Crippen LogP contribution in [0.1, 0.15) is 12.0 Å². The number of ether oxygens (including phenoxy) is 3. The normalized spacial score (nSPS) is 20.0. The number of hydrogen-bond acceptors (Lipinski definition) is 5. The number of anilines is 1. The SMILES string of the molecule is Nc1cc(CN2CCOCC2)c2c(c1)OCCCO2. The van der Waals surface area contributed by atoms with E-state index in [2.05, 4.69) is 4.90 Å². The number of morpholine rings is 1. The van der Waals surface area contributed by atoms with Gasteiger partial charge in [-0.3, -0.25) is 4.90 Å². The standard InChI is InChI=1S/C14H20N2O3/c15-12-8-11(10-16-2-6-17-7-3-16)14-13(9-12)18-4-1-5-19-14/h8-9H,1-7,10,15H2. The lowest BCUT2D eigenvalue weighted by Crippen LogP contribution is -2.35. The summed E-state index contributed by atoms with van der Waals surface area (Å²) < 4.78 is 16.9. The van der Waals surface area contributed by atoms with Gasteiger partial charge < -0.3 is 19.9 Å². The van der Waals surface area contributed by atoms with Gasteiger partial charge in [-0.15, -0.1) is 0 Å². The molecular weight excluding hydrogens is 244 g/mol. The zero-order chi connectivity index (χ0) is 13.1. The first-order valence-electron chi connectivity index (χ1n) is 6.81. The minimum atomic E-state index is 0.688. The van der Waals surface area contributed by atoms with Crippen LogP contribution in [0, 0.1) is 0 Å². The Kier molecular flexibility index (Phi) is 3.75. The number of fused-ring (bicyclic) bond motifs is 1. The van der Waals surface area contributed by atoms with Crippen molar-refractivity contribution in [2.75, 3.05) is 45.3 Å². The van der Waals surface area contributed by atoms with Crippen LogP contribution in [0.4, 0.5) is 5.69 Å². The summed E-state index contributed by atoms with van der Waals surface area (Å²) in [6.45, 7) is 5.71. The van der Waals surface area contributed by atoms with Crippen molar-refractivity contribution in [3.05, 3.63) is 17.7 Å². The maximum absolute atomic E-state index is 5.96. The highest BCUT2D eigenvalue weighted by atomic mass is 16.5. The predicted octanol–water partition coefficient (Wildman–Crippen LogP) is 1.26. The molecule has 0 amide bonds. The number of rotatable bonds is 2. The Morgan fingerprint density at radius 1 is 1.05 bits per heavy atom. The first-order valence-corrected chi connectivity index (χ1v) is 6.81. The minimum Gasteiger partial charge on any atom is -0.489 e. The lowest BCUT2D eigenvalue weighted by molar-refractivity contribution is 0.0338. The molecule has 0 aromatic heterocycles. The number of hydrogen-bond donors (Lipinski definition) is 1. The molecule has 19 heavy (non-hydrogen) atoms. The van der Waals surface area contributed by atoms with Gasteiger partial charge in [0.15, 0.2) is 11.5 Å². The van der Waals surface area contributed by atoms with Gasteiger partial charge in [-0.05, 0) is 6.07 Å². The van der Waals surface area contributed by atoms with E-state index < -0.39 is 0 Å². The van der Waals surface area contributed by atoms with E-state index in [1.807, 2.05) is 12.1 Å². The van der Waals surface area contributed by atoms with Gasteiger partial charge in [-0.2, -0.15) is 0 Å². The van der Waals surface area contributed by atoms with Gasteiger partial charge in [0, 0.05) is 43.4 Å². The Hall–Kier alpha value is -1.46. The predicted molar refractivity (Wildman–Crippen MR) is 72.6 cm³/mol. The van der Waals surface area contributed by atoms with Crippen LogP contribution < -0.4 is 15.2 Å². The zero-order valence-corrected chi connectivity index (χ0v) is 11.1. The van der Waals surface area contributed by atoms with Crippen molar-refractivity contribution in [3.63, 3.8) is 0 Å². The molecule has 104 valence electrons. The fourth-order valence-corrected chi connectivity index (χ4v) is 2.49. The smallest absolute Gasteiger partial charge is 0.165 e. The second-order valence-electron chi connectivity index (χ2n) is 4.95. The lowest BCUT2D eigenvalue weighted by atomic mass is 10.1. The summed E-state index contributed by atoms with van der Waals surface area (Å²) in [5.74, 6) is 1.64. The van der Waals surface area contributed by atoms with E-state index in [-0.39, 0.29) is 0 Å². The van der Waals surface area contributed by atoms with E-state index >= 15 is 0 Å². The van der Waals surface area contributed by atoms with Gasteiger partial charge in [-0.1, -0.05) is 0 Å². The van der Waals surface area contributed by atoms with Crippen LogP contribution in [0.5, 0.6) is 11.5 Å². The highest BCUT2D eigenvalue weighted by Gasteiger charge is 2.19.